The Morgan fingerprint density at radius 1 is 1.14 bits per heavy atom. The van der Waals surface area contributed by atoms with E-state index >= 15 is 0 Å². The van der Waals surface area contributed by atoms with Gasteiger partial charge in [-0.25, -0.2) is 4.79 Å². The van der Waals surface area contributed by atoms with E-state index < -0.39 is 36.7 Å². The van der Waals surface area contributed by atoms with Crippen LogP contribution in [0.3, 0.4) is 0 Å². The molecule has 8 nitrogen and oxygen atoms in total. The fraction of sp³-hybridized carbons (Fsp3) is 0.286. The lowest BCUT2D eigenvalue weighted by Crippen LogP contribution is -2.46. The molecule has 1 aliphatic heterocycles. The summed E-state index contributed by atoms with van der Waals surface area (Å²) in [6, 6.07) is 16.4. The molecule has 0 bridgehead atoms. The van der Waals surface area contributed by atoms with Gasteiger partial charge in [0.15, 0.2) is 11.9 Å². The second-order valence-electron chi connectivity index (χ2n) is 6.87. The van der Waals surface area contributed by atoms with Crippen molar-refractivity contribution in [3.63, 3.8) is 0 Å². The fourth-order valence-corrected chi connectivity index (χ4v) is 3.33. The number of H-pyrrole nitrogens is 1. The minimum absolute atomic E-state index is 0.0737. The predicted octanol–water partition coefficient (Wildman–Crippen LogP) is 1.10. The van der Waals surface area contributed by atoms with Crippen molar-refractivity contribution >= 4 is 16.9 Å². The van der Waals surface area contributed by atoms with Crippen molar-refractivity contribution in [1.29, 1.82) is 0 Å². The maximum atomic E-state index is 12.8. The first-order valence-electron chi connectivity index (χ1n) is 9.14. The summed E-state index contributed by atoms with van der Waals surface area (Å²) in [5, 5.41) is 30.9. The van der Waals surface area contributed by atoms with E-state index in [9.17, 15) is 20.1 Å². The van der Waals surface area contributed by atoms with Gasteiger partial charge in [-0.3, -0.25) is 0 Å². The lowest BCUT2D eigenvalue weighted by Gasteiger charge is -2.23. The molecular formula is C21H21NO7. The zero-order valence-corrected chi connectivity index (χ0v) is 15.4. The minimum atomic E-state index is -2.33. The van der Waals surface area contributed by atoms with Gasteiger partial charge >= 0.3 is 5.97 Å². The Morgan fingerprint density at radius 3 is 2.62 bits per heavy atom. The maximum absolute atomic E-state index is 12.8. The Hall–Kier alpha value is -2.75. The Morgan fingerprint density at radius 2 is 1.86 bits per heavy atom. The molecule has 1 fully saturated rings. The summed E-state index contributed by atoms with van der Waals surface area (Å²) in [7, 11) is 0. The van der Waals surface area contributed by atoms with Crippen LogP contribution < -0.4 is 4.74 Å². The van der Waals surface area contributed by atoms with Gasteiger partial charge in [0, 0.05) is 17.1 Å². The number of fused-ring (bicyclic) bond motifs is 1. The number of ether oxygens (including phenoxy) is 3. The van der Waals surface area contributed by atoms with Gasteiger partial charge in [-0.2, -0.15) is 0 Å². The summed E-state index contributed by atoms with van der Waals surface area (Å²) in [5.41, 5.74) is 1.59. The van der Waals surface area contributed by atoms with Crippen LogP contribution in [0.4, 0.5) is 0 Å². The van der Waals surface area contributed by atoms with Crippen LogP contribution in [0.2, 0.25) is 0 Å². The van der Waals surface area contributed by atoms with E-state index in [0.29, 0.717) is 5.39 Å². The van der Waals surface area contributed by atoms with Crippen LogP contribution in [0.25, 0.3) is 10.9 Å². The normalized spacial score (nSPS) is 26.7. The molecule has 152 valence electrons. The largest absolute Gasteiger partial charge is 0.422 e. The van der Waals surface area contributed by atoms with E-state index in [2.05, 4.69) is 4.98 Å². The van der Waals surface area contributed by atoms with Gasteiger partial charge in [0.25, 0.3) is 0 Å². The van der Waals surface area contributed by atoms with E-state index in [0.717, 1.165) is 11.1 Å². The van der Waals surface area contributed by atoms with Gasteiger partial charge in [-0.1, -0.05) is 42.5 Å². The first kappa shape index (κ1) is 19.6. The molecule has 0 amide bonds. The molecule has 1 aliphatic rings. The minimum Gasteiger partial charge on any atom is -0.422 e. The fourth-order valence-electron chi connectivity index (χ4n) is 3.33. The van der Waals surface area contributed by atoms with Crippen molar-refractivity contribution in [3.05, 3.63) is 66.4 Å². The van der Waals surface area contributed by atoms with Gasteiger partial charge in [-0.15, -0.1) is 0 Å². The maximum Gasteiger partial charge on any atom is 0.343 e. The summed E-state index contributed by atoms with van der Waals surface area (Å²) < 4.78 is 16.4. The molecule has 3 aromatic rings. The third-order valence-electron chi connectivity index (χ3n) is 4.91. The Balaban J connectivity index is 1.54. The van der Waals surface area contributed by atoms with Crippen molar-refractivity contribution in [1.82, 2.24) is 4.98 Å². The first-order chi connectivity index (χ1) is 14.0. The van der Waals surface area contributed by atoms with Crippen LogP contribution in [0.15, 0.2) is 60.8 Å². The number of benzene rings is 2. The number of carbonyl (C=O) groups excluding carboxylic acids is 1. The van der Waals surface area contributed by atoms with Gasteiger partial charge in [0.2, 0.25) is 5.79 Å². The summed E-state index contributed by atoms with van der Waals surface area (Å²) in [6.07, 6.45) is -2.77. The Kier molecular flexibility index (Phi) is 5.35. The molecule has 0 aliphatic carbocycles. The number of carbonyl (C=O) groups is 1. The van der Waals surface area contributed by atoms with Crippen molar-refractivity contribution in [3.8, 4) is 5.75 Å². The highest BCUT2D eigenvalue weighted by Gasteiger charge is 2.57. The Bertz CT molecular complexity index is 989. The van der Waals surface area contributed by atoms with Gasteiger partial charge in [0.1, 0.15) is 12.2 Å². The number of rotatable bonds is 6. The van der Waals surface area contributed by atoms with Crippen molar-refractivity contribution in [2.75, 3.05) is 6.61 Å². The molecule has 0 spiro atoms. The molecule has 1 saturated heterocycles. The highest BCUT2D eigenvalue weighted by atomic mass is 16.7. The Labute approximate surface area is 166 Å². The van der Waals surface area contributed by atoms with Crippen LogP contribution in [0.5, 0.6) is 5.75 Å². The topological polar surface area (TPSA) is 121 Å². The third-order valence-corrected chi connectivity index (χ3v) is 4.91. The summed E-state index contributed by atoms with van der Waals surface area (Å²) in [6.45, 7) is -0.833. The summed E-state index contributed by atoms with van der Waals surface area (Å²) >= 11 is 0. The molecular weight excluding hydrogens is 378 g/mol. The third kappa shape index (κ3) is 3.76. The smallest absolute Gasteiger partial charge is 0.343 e. The second-order valence-corrected chi connectivity index (χ2v) is 6.87. The summed E-state index contributed by atoms with van der Waals surface area (Å²) in [4.78, 5) is 15.8. The van der Waals surface area contributed by atoms with Crippen LogP contribution in [0, 0.1) is 0 Å². The molecule has 4 rings (SSSR count). The zero-order valence-electron chi connectivity index (χ0n) is 15.4. The van der Waals surface area contributed by atoms with Gasteiger partial charge in [0.05, 0.1) is 13.2 Å². The number of aliphatic hydroxyl groups is 3. The predicted molar refractivity (Wildman–Crippen MR) is 102 cm³/mol. The van der Waals surface area contributed by atoms with E-state index in [4.69, 9.17) is 14.2 Å². The molecule has 29 heavy (non-hydrogen) atoms. The monoisotopic (exact) mass is 399 g/mol. The number of hydrogen-bond acceptors (Lipinski definition) is 7. The number of nitrogens with one attached hydrogen (secondary N) is 1. The van der Waals surface area contributed by atoms with Gasteiger partial charge in [-0.05, 0) is 17.7 Å². The molecule has 4 unspecified atom stereocenters. The van der Waals surface area contributed by atoms with Crippen LogP contribution in [-0.2, 0) is 20.9 Å². The molecule has 8 heteroatoms. The number of esters is 1. The van der Waals surface area contributed by atoms with Crippen molar-refractivity contribution < 1.29 is 34.3 Å². The van der Waals surface area contributed by atoms with Gasteiger partial charge < -0.3 is 34.5 Å². The summed E-state index contributed by atoms with van der Waals surface area (Å²) in [5.74, 6) is -2.90. The zero-order chi connectivity index (χ0) is 20.4. The molecule has 2 heterocycles. The molecule has 0 saturated carbocycles. The van der Waals surface area contributed by atoms with Crippen LogP contribution in [-0.4, -0.2) is 57.0 Å². The standard InChI is InChI=1S/C21H21NO7/c23-12-21(26)19(24)17(27-11-13-6-2-1-3-7-13)18(29-21)20(25)28-16-10-22-15-9-5-4-8-14(15)16/h1-10,17-19,22-24,26H,11-12H2. The highest BCUT2D eigenvalue weighted by Crippen LogP contribution is 2.33. The van der Waals surface area contributed by atoms with E-state index in [1.807, 2.05) is 42.5 Å². The number of aromatic amines is 1. The average Bonchev–Trinajstić information content (AvgIpc) is 3.27. The molecule has 2 aromatic carbocycles. The van der Waals surface area contributed by atoms with Crippen molar-refractivity contribution in [2.24, 2.45) is 0 Å². The number of aliphatic hydroxyl groups excluding tert-OH is 2. The van der Waals surface area contributed by atoms with E-state index in [1.54, 1.807) is 12.1 Å². The number of aromatic nitrogens is 1. The quantitative estimate of drug-likeness (QED) is 0.458. The molecule has 4 atom stereocenters. The van der Waals surface area contributed by atoms with E-state index in [-0.39, 0.29) is 12.4 Å². The van der Waals surface area contributed by atoms with Crippen LogP contribution >= 0.6 is 0 Å². The number of para-hydroxylation sites is 1. The molecule has 1 aromatic heterocycles. The second kappa shape index (κ2) is 7.94. The highest BCUT2D eigenvalue weighted by molar-refractivity contribution is 5.89. The van der Waals surface area contributed by atoms with Crippen molar-refractivity contribution in [2.45, 2.75) is 30.7 Å². The van der Waals surface area contributed by atoms with Crippen LogP contribution in [0.1, 0.15) is 5.56 Å². The lowest BCUT2D eigenvalue weighted by atomic mass is 10.1. The number of hydrogen-bond donors (Lipinski definition) is 4. The lowest BCUT2D eigenvalue weighted by molar-refractivity contribution is -0.246. The molecule has 0 radical (unpaired) electrons. The SMILES string of the molecule is O=C(Oc1c[nH]c2ccccc12)C1OC(O)(CO)C(O)C1OCc1ccccc1. The first-order valence-corrected chi connectivity index (χ1v) is 9.14. The molecule has 4 N–H and O–H groups in total. The van der Waals surface area contributed by atoms with E-state index in [1.165, 1.54) is 6.20 Å². The average molecular weight is 399 g/mol.